The Balaban J connectivity index is 1.54. The molecular formula is C27H26FN5O5. The number of esters is 1. The predicted molar refractivity (Wildman–Crippen MR) is 142 cm³/mol. The normalized spacial score (nSPS) is 11.2. The SMILES string of the molecule is COC(=O)c1ccc(F)c(NC(=O)Nc2ccc(-c3cccc4c3c(N)nn4C(=O)OC(C)(C)C)cc2)c1. The van der Waals surface area contributed by atoms with Gasteiger partial charge in [0, 0.05) is 5.69 Å². The predicted octanol–water partition coefficient (Wildman–Crippen LogP) is 5.64. The van der Waals surface area contributed by atoms with Crippen LogP contribution in [0.3, 0.4) is 0 Å². The zero-order valence-electron chi connectivity index (χ0n) is 21.2. The van der Waals surface area contributed by atoms with Crippen molar-refractivity contribution in [2.45, 2.75) is 26.4 Å². The number of anilines is 3. The molecule has 2 amide bonds. The molecule has 4 aromatic rings. The highest BCUT2D eigenvalue weighted by molar-refractivity contribution is 6.05. The van der Waals surface area contributed by atoms with E-state index in [9.17, 15) is 18.8 Å². The number of nitrogens with two attached hydrogens (primary N) is 1. The number of aromatic nitrogens is 2. The molecule has 0 atom stereocenters. The number of nitrogens with zero attached hydrogens (tertiary/aromatic N) is 2. The van der Waals surface area contributed by atoms with Gasteiger partial charge < -0.3 is 25.8 Å². The van der Waals surface area contributed by atoms with E-state index in [2.05, 4.69) is 20.5 Å². The average molecular weight is 520 g/mol. The first kappa shape index (κ1) is 26.1. The van der Waals surface area contributed by atoms with Gasteiger partial charge in [-0.2, -0.15) is 4.68 Å². The van der Waals surface area contributed by atoms with E-state index in [0.29, 0.717) is 16.6 Å². The van der Waals surface area contributed by atoms with Crippen LogP contribution in [0.5, 0.6) is 0 Å². The molecule has 0 saturated carbocycles. The molecule has 0 aliphatic heterocycles. The van der Waals surface area contributed by atoms with Crippen LogP contribution in [-0.4, -0.2) is 40.6 Å². The number of carbonyl (C=O) groups is 3. The van der Waals surface area contributed by atoms with E-state index < -0.39 is 29.5 Å². The Morgan fingerprint density at radius 2 is 1.71 bits per heavy atom. The number of hydrogen-bond donors (Lipinski definition) is 3. The van der Waals surface area contributed by atoms with Crippen molar-refractivity contribution in [1.29, 1.82) is 0 Å². The van der Waals surface area contributed by atoms with Gasteiger partial charge in [-0.05, 0) is 68.3 Å². The third-order valence-electron chi connectivity index (χ3n) is 5.39. The van der Waals surface area contributed by atoms with Crippen LogP contribution in [0.25, 0.3) is 22.0 Å². The highest BCUT2D eigenvalue weighted by Crippen LogP contribution is 2.33. The van der Waals surface area contributed by atoms with Crippen LogP contribution in [0.4, 0.5) is 31.2 Å². The van der Waals surface area contributed by atoms with Crippen LogP contribution < -0.4 is 16.4 Å². The fourth-order valence-corrected chi connectivity index (χ4v) is 3.77. The van der Waals surface area contributed by atoms with Crippen molar-refractivity contribution in [3.8, 4) is 11.1 Å². The van der Waals surface area contributed by atoms with Crippen molar-refractivity contribution in [3.63, 3.8) is 0 Å². The summed E-state index contributed by atoms with van der Waals surface area (Å²) in [5.41, 5.74) is 7.80. The van der Waals surface area contributed by atoms with E-state index in [4.69, 9.17) is 10.5 Å². The summed E-state index contributed by atoms with van der Waals surface area (Å²) in [6.07, 6.45) is -0.643. The lowest BCUT2D eigenvalue weighted by molar-refractivity contribution is 0.0522. The minimum Gasteiger partial charge on any atom is -0.465 e. The van der Waals surface area contributed by atoms with Gasteiger partial charge in [-0.25, -0.2) is 18.8 Å². The number of nitrogens with one attached hydrogen (secondary N) is 2. The number of rotatable bonds is 4. The lowest BCUT2D eigenvalue weighted by atomic mass is 10.0. The van der Waals surface area contributed by atoms with Gasteiger partial charge >= 0.3 is 18.1 Å². The number of amides is 2. The summed E-state index contributed by atoms with van der Waals surface area (Å²) in [5.74, 6) is -1.20. The molecule has 11 heteroatoms. The van der Waals surface area contributed by atoms with Crippen LogP contribution in [-0.2, 0) is 9.47 Å². The van der Waals surface area contributed by atoms with Gasteiger partial charge in [-0.15, -0.1) is 5.10 Å². The molecule has 1 aromatic heterocycles. The Kier molecular flexibility index (Phi) is 7.02. The van der Waals surface area contributed by atoms with Crippen LogP contribution in [0.15, 0.2) is 60.7 Å². The van der Waals surface area contributed by atoms with Crippen LogP contribution in [0, 0.1) is 5.82 Å². The first-order valence-corrected chi connectivity index (χ1v) is 11.5. The van der Waals surface area contributed by atoms with Gasteiger partial charge in [-0.1, -0.05) is 24.3 Å². The number of carbonyl (C=O) groups excluding carboxylic acids is 3. The summed E-state index contributed by atoms with van der Waals surface area (Å²) >= 11 is 0. The standard InChI is InChI=1S/C27H26FN5O5/c1-27(2,3)38-26(36)33-21-7-5-6-18(22(21)23(29)32-33)15-8-11-17(12-9-15)30-25(35)31-20-14-16(24(34)37-4)10-13-19(20)28/h5-14H,1-4H3,(H2,29,32)(H2,30,31,35). The molecule has 0 fully saturated rings. The maximum atomic E-state index is 14.1. The minimum absolute atomic E-state index is 0.0944. The average Bonchev–Trinajstić information content (AvgIpc) is 3.21. The summed E-state index contributed by atoms with van der Waals surface area (Å²) < 4.78 is 25.3. The van der Waals surface area contributed by atoms with E-state index in [1.807, 2.05) is 6.07 Å². The molecule has 0 bridgehead atoms. The van der Waals surface area contributed by atoms with Gasteiger partial charge in [-0.3, -0.25) is 0 Å². The molecule has 0 aliphatic rings. The Labute approximate surface area is 217 Å². The van der Waals surface area contributed by atoms with Crippen molar-refractivity contribution in [2.75, 3.05) is 23.5 Å². The van der Waals surface area contributed by atoms with Gasteiger partial charge in [0.15, 0.2) is 5.82 Å². The largest absolute Gasteiger partial charge is 0.465 e. The van der Waals surface area contributed by atoms with Crippen LogP contribution in [0.1, 0.15) is 31.1 Å². The number of methoxy groups -OCH3 is 1. The Morgan fingerprint density at radius 1 is 1.00 bits per heavy atom. The van der Waals surface area contributed by atoms with E-state index >= 15 is 0 Å². The minimum atomic E-state index is -0.708. The second-order valence-corrected chi connectivity index (χ2v) is 9.32. The number of ether oxygens (including phenoxy) is 2. The molecule has 0 unspecified atom stereocenters. The maximum Gasteiger partial charge on any atom is 0.435 e. The summed E-state index contributed by atoms with van der Waals surface area (Å²) in [6, 6.07) is 15.0. The van der Waals surface area contributed by atoms with Gasteiger partial charge in [0.05, 0.1) is 29.3 Å². The van der Waals surface area contributed by atoms with Crippen LogP contribution >= 0.6 is 0 Å². The molecule has 0 radical (unpaired) electrons. The van der Waals surface area contributed by atoms with E-state index in [1.54, 1.807) is 57.2 Å². The lowest BCUT2D eigenvalue weighted by Crippen LogP contribution is -2.27. The Hall–Kier alpha value is -4.93. The van der Waals surface area contributed by atoms with Crippen molar-refractivity contribution in [3.05, 3.63) is 72.0 Å². The first-order valence-electron chi connectivity index (χ1n) is 11.5. The zero-order chi connectivity index (χ0) is 27.6. The van der Waals surface area contributed by atoms with Crippen molar-refractivity contribution in [2.24, 2.45) is 0 Å². The van der Waals surface area contributed by atoms with Gasteiger partial charge in [0.25, 0.3) is 0 Å². The fraction of sp³-hybridized carbons (Fsp3) is 0.185. The summed E-state index contributed by atoms with van der Waals surface area (Å²) in [7, 11) is 1.21. The monoisotopic (exact) mass is 519 g/mol. The van der Waals surface area contributed by atoms with E-state index in [0.717, 1.165) is 21.9 Å². The maximum absolute atomic E-state index is 14.1. The summed E-state index contributed by atoms with van der Waals surface area (Å²) in [6.45, 7) is 5.28. The fourth-order valence-electron chi connectivity index (χ4n) is 3.77. The molecule has 38 heavy (non-hydrogen) atoms. The van der Waals surface area contributed by atoms with E-state index in [1.165, 1.54) is 19.2 Å². The quantitative estimate of drug-likeness (QED) is 0.297. The van der Waals surface area contributed by atoms with Crippen molar-refractivity contribution < 1.29 is 28.2 Å². The third kappa shape index (κ3) is 5.56. The molecule has 196 valence electrons. The molecular weight excluding hydrogens is 493 g/mol. The lowest BCUT2D eigenvalue weighted by Gasteiger charge is -2.19. The Morgan fingerprint density at radius 3 is 2.37 bits per heavy atom. The molecule has 0 saturated heterocycles. The zero-order valence-corrected chi connectivity index (χ0v) is 21.2. The van der Waals surface area contributed by atoms with Crippen LogP contribution in [0.2, 0.25) is 0 Å². The highest BCUT2D eigenvalue weighted by Gasteiger charge is 2.23. The topological polar surface area (TPSA) is 138 Å². The number of benzene rings is 3. The molecule has 1 heterocycles. The number of urea groups is 1. The second-order valence-electron chi connectivity index (χ2n) is 9.32. The van der Waals surface area contributed by atoms with Gasteiger partial charge in [0.1, 0.15) is 11.4 Å². The molecule has 0 aliphatic carbocycles. The second kappa shape index (κ2) is 10.2. The first-order chi connectivity index (χ1) is 18.0. The number of halogens is 1. The van der Waals surface area contributed by atoms with Gasteiger partial charge in [0.2, 0.25) is 0 Å². The molecule has 4 N–H and O–H groups in total. The summed E-state index contributed by atoms with van der Waals surface area (Å²) in [4.78, 5) is 36.8. The van der Waals surface area contributed by atoms with Crippen molar-refractivity contribution >= 4 is 46.2 Å². The smallest absolute Gasteiger partial charge is 0.435 e. The molecule has 10 nitrogen and oxygen atoms in total. The molecule has 0 spiro atoms. The molecule has 3 aromatic carbocycles. The Bertz CT molecular complexity index is 1540. The third-order valence-corrected chi connectivity index (χ3v) is 5.39. The number of nitrogen functional groups attached to an aromatic ring is 1. The number of fused-ring (bicyclic) bond motifs is 1. The summed E-state index contributed by atoms with van der Waals surface area (Å²) in [5, 5.41) is 9.76. The highest BCUT2D eigenvalue weighted by atomic mass is 19.1. The van der Waals surface area contributed by atoms with Crippen molar-refractivity contribution in [1.82, 2.24) is 9.78 Å². The molecule has 4 rings (SSSR count). The number of hydrogen-bond acceptors (Lipinski definition) is 7. The van der Waals surface area contributed by atoms with E-state index in [-0.39, 0.29) is 17.1 Å².